The van der Waals surface area contributed by atoms with Gasteiger partial charge >= 0.3 is 5.97 Å². The largest absolute Gasteiger partial charge is 0.496 e. The maximum Gasteiger partial charge on any atom is 0.308 e. The van der Waals surface area contributed by atoms with Crippen molar-refractivity contribution in [2.45, 2.75) is 37.7 Å². The molecule has 0 aliphatic heterocycles. The summed E-state index contributed by atoms with van der Waals surface area (Å²) < 4.78 is 9.97. The second-order valence-electron chi connectivity index (χ2n) is 6.29. The Balaban J connectivity index is 1.82. The summed E-state index contributed by atoms with van der Waals surface area (Å²) in [7, 11) is 2.94. The molecular weight excluding hydrogens is 310 g/mol. The van der Waals surface area contributed by atoms with E-state index in [0.29, 0.717) is 31.4 Å². The number of esters is 1. The predicted octanol–water partition coefficient (Wildman–Crippen LogP) is 1.45. The summed E-state index contributed by atoms with van der Waals surface area (Å²) in [5.74, 6) is 0.129. The lowest BCUT2D eigenvalue weighted by Crippen LogP contribution is -2.46. The summed E-state index contributed by atoms with van der Waals surface area (Å²) in [4.78, 5) is 23.7. The Labute approximate surface area is 142 Å². The smallest absolute Gasteiger partial charge is 0.308 e. The van der Waals surface area contributed by atoms with Crippen molar-refractivity contribution in [1.82, 2.24) is 5.32 Å². The van der Waals surface area contributed by atoms with Crippen molar-refractivity contribution in [3.8, 4) is 5.75 Å². The lowest BCUT2D eigenvalue weighted by atomic mass is 9.78. The molecule has 24 heavy (non-hydrogen) atoms. The van der Waals surface area contributed by atoms with E-state index in [0.717, 1.165) is 5.56 Å². The summed E-state index contributed by atoms with van der Waals surface area (Å²) in [6.07, 6.45) is 2.30. The zero-order chi connectivity index (χ0) is 17.6. The van der Waals surface area contributed by atoms with Gasteiger partial charge in [0.15, 0.2) is 0 Å². The van der Waals surface area contributed by atoms with Crippen LogP contribution in [0.4, 0.5) is 0 Å². The molecule has 0 radical (unpaired) electrons. The lowest BCUT2D eigenvalue weighted by Gasteiger charge is -2.35. The van der Waals surface area contributed by atoms with Crippen molar-refractivity contribution in [3.63, 3.8) is 0 Å². The molecule has 1 aromatic rings. The summed E-state index contributed by atoms with van der Waals surface area (Å²) in [6, 6.07) is 7.36. The predicted molar refractivity (Wildman–Crippen MR) is 88.6 cm³/mol. The second-order valence-corrected chi connectivity index (χ2v) is 6.29. The number of carbonyl (C=O) groups is 2. The van der Waals surface area contributed by atoms with Gasteiger partial charge in [-0.3, -0.25) is 9.59 Å². The highest BCUT2D eigenvalue weighted by molar-refractivity contribution is 5.79. The quantitative estimate of drug-likeness (QED) is 0.769. The molecule has 6 heteroatoms. The maximum absolute atomic E-state index is 12.1. The molecule has 1 saturated carbocycles. The molecule has 1 aliphatic rings. The van der Waals surface area contributed by atoms with Crippen LogP contribution in [-0.2, 0) is 20.7 Å². The molecule has 0 unspecified atom stereocenters. The molecular formula is C18H25NO5. The molecule has 0 saturated heterocycles. The molecule has 1 aromatic carbocycles. The number of rotatable bonds is 6. The monoisotopic (exact) mass is 335 g/mol. The molecule has 1 aliphatic carbocycles. The Kier molecular flexibility index (Phi) is 6.20. The average Bonchev–Trinajstić information content (AvgIpc) is 2.60. The molecule has 0 heterocycles. The minimum atomic E-state index is -0.957. The minimum Gasteiger partial charge on any atom is -0.496 e. The van der Waals surface area contributed by atoms with Gasteiger partial charge in [0.05, 0.1) is 32.2 Å². The van der Waals surface area contributed by atoms with Crippen LogP contribution in [0.1, 0.15) is 31.2 Å². The Morgan fingerprint density at radius 1 is 1.25 bits per heavy atom. The molecule has 0 atom stereocenters. The Bertz CT molecular complexity index is 579. The van der Waals surface area contributed by atoms with Crippen molar-refractivity contribution >= 4 is 11.9 Å². The number of carbonyl (C=O) groups excluding carboxylic acids is 2. The Morgan fingerprint density at radius 2 is 1.92 bits per heavy atom. The van der Waals surface area contributed by atoms with Crippen molar-refractivity contribution in [2.75, 3.05) is 20.8 Å². The number of benzene rings is 1. The van der Waals surface area contributed by atoms with Crippen molar-refractivity contribution in [1.29, 1.82) is 0 Å². The van der Waals surface area contributed by atoms with E-state index in [1.165, 1.54) is 7.11 Å². The van der Waals surface area contributed by atoms with Gasteiger partial charge in [-0.15, -0.1) is 0 Å². The normalized spacial score (nSPS) is 23.4. The summed E-state index contributed by atoms with van der Waals surface area (Å²) in [5.41, 5.74) is -0.153. The van der Waals surface area contributed by atoms with Crippen molar-refractivity contribution in [3.05, 3.63) is 29.8 Å². The first-order chi connectivity index (χ1) is 11.5. The molecule has 0 spiro atoms. The van der Waals surface area contributed by atoms with E-state index >= 15 is 0 Å². The number of ether oxygens (including phenoxy) is 2. The third-order valence-corrected chi connectivity index (χ3v) is 4.61. The highest BCUT2D eigenvalue weighted by Gasteiger charge is 2.36. The van der Waals surface area contributed by atoms with Gasteiger partial charge in [-0.25, -0.2) is 0 Å². The fraction of sp³-hybridized carbons (Fsp3) is 0.556. The van der Waals surface area contributed by atoms with Gasteiger partial charge in [0.1, 0.15) is 5.75 Å². The molecule has 132 valence electrons. The van der Waals surface area contributed by atoms with Crippen LogP contribution in [0.3, 0.4) is 0 Å². The first-order valence-corrected chi connectivity index (χ1v) is 8.16. The van der Waals surface area contributed by atoms with E-state index in [-0.39, 0.29) is 30.8 Å². The Hall–Kier alpha value is -2.08. The zero-order valence-corrected chi connectivity index (χ0v) is 14.2. The summed E-state index contributed by atoms with van der Waals surface area (Å²) in [5, 5.41) is 13.4. The topological polar surface area (TPSA) is 84.9 Å². The number of hydrogen-bond donors (Lipinski definition) is 2. The van der Waals surface area contributed by atoms with Crippen LogP contribution in [0, 0.1) is 5.92 Å². The number of nitrogens with one attached hydrogen (secondary N) is 1. The first kappa shape index (κ1) is 18.3. The fourth-order valence-corrected chi connectivity index (χ4v) is 3.08. The van der Waals surface area contributed by atoms with Gasteiger partial charge in [0.25, 0.3) is 0 Å². The summed E-state index contributed by atoms with van der Waals surface area (Å²) >= 11 is 0. The average molecular weight is 335 g/mol. The van der Waals surface area contributed by atoms with Crippen LogP contribution in [0.25, 0.3) is 0 Å². The maximum atomic E-state index is 12.1. The Morgan fingerprint density at radius 3 is 2.54 bits per heavy atom. The van der Waals surface area contributed by atoms with E-state index in [1.807, 2.05) is 24.3 Å². The van der Waals surface area contributed by atoms with Gasteiger partial charge in [-0.2, -0.15) is 0 Å². The van der Waals surface area contributed by atoms with E-state index in [2.05, 4.69) is 5.32 Å². The van der Waals surface area contributed by atoms with Gasteiger partial charge in [-0.1, -0.05) is 18.2 Å². The number of para-hydroxylation sites is 1. The molecule has 1 fully saturated rings. The van der Waals surface area contributed by atoms with Crippen LogP contribution in [0.15, 0.2) is 24.3 Å². The number of aliphatic hydroxyl groups is 1. The van der Waals surface area contributed by atoms with E-state index in [4.69, 9.17) is 9.47 Å². The molecule has 2 rings (SSSR count). The minimum absolute atomic E-state index is 0.153. The molecule has 2 N–H and O–H groups in total. The third-order valence-electron chi connectivity index (χ3n) is 4.61. The standard InChI is InChI=1S/C18H25NO5/c1-23-15-6-4-3-5-14(15)11-16(20)19-12-18(22)9-7-13(8-10-18)17(21)24-2/h3-6,13,22H,7-12H2,1-2H3,(H,19,20). The molecule has 0 bridgehead atoms. The zero-order valence-electron chi connectivity index (χ0n) is 14.2. The highest BCUT2D eigenvalue weighted by Crippen LogP contribution is 2.32. The number of hydrogen-bond acceptors (Lipinski definition) is 5. The van der Waals surface area contributed by atoms with Gasteiger partial charge in [0, 0.05) is 12.1 Å². The van der Waals surface area contributed by atoms with Gasteiger partial charge < -0.3 is 19.9 Å². The first-order valence-electron chi connectivity index (χ1n) is 8.16. The van der Waals surface area contributed by atoms with Crippen LogP contribution < -0.4 is 10.1 Å². The summed E-state index contributed by atoms with van der Waals surface area (Å²) in [6.45, 7) is 0.189. The van der Waals surface area contributed by atoms with Crippen molar-refractivity contribution < 1.29 is 24.2 Å². The molecule has 0 aromatic heterocycles. The number of methoxy groups -OCH3 is 2. The van der Waals surface area contributed by atoms with Crippen molar-refractivity contribution in [2.24, 2.45) is 5.92 Å². The van der Waals surface area contributed by atoms with Crippen LogP contribution >= 0.6 is 0 Å². The highest BCUT2D eigenvalue weighted by atomic mass is 16.5. The third kappa shape index (κ3) is 4.71. The van der Waals surface area contributed by atoms with Gasteiger partial charge in [-0.05, 0) is 31.7 Å². The SMILES string of the molecule is COC(=O)C1CCC(O)(CNC(=O)Cc2ccccc2OC)CC1. The lowest BCUT2D eigenvalue weighted by molar-refractivity contribution is -0.148. The fourth-order valence-electron chi connectivity index (χ4n) is 3.08. The molecule has 1 amide bonds. The van der Waals surface area contributed by atoms with Gasteiger partial charge in [0.2, 0.25) is 5.91 Å². The van der Waals surface area contributed by atoms with E-state index < -0.39 is 5.60 Å². The second kappa shape index (κ2) is 8.15. The van der Waals surface area contributed by atoms with Crippen LogP contribution in [-0.4, -0.2) is 43.3 Å². The molecule has 6 nitrogen and oxygen atoms in total. The van der Waals surface area contributed by atoms with Crippen LogP contribution in [0.2, 0.25) is 0 Å². The van der Waals surface area contributed by atoms with E-state index in [9.17, 15) is 14.7 Å². The number of amides is 1. The van der Waals surface area contributed by atoms with E-state index in [1.54, 1.807) is 7.11 Å². The van der Waals surface area contributed by atoms with Crippen LogP contribution in [0.5, 0.6) is 5.75 Å².